The van der Waals surface area contributed by atoms with Crippen molar-refractivity contribution in [1.29, 1.82) is 0 Å². The third-order valence-corrected chi connectivity index (χ3v) is 49.8. The van der Waals surface area contributed by atoms with Crippen molar-refractivity contribution in [3.8, 4) is 0 Å². The van der Waals surface area contributed by atoms with E-state index in [9.17, 15) is 0 Å². The number of hydrogen-bond acceptors (Lipinski definition) is 0. The average Bonchev–Trinajstić information content (AvgIpc) is 0.656. The van der Waals surface area contributed by atoms with Crippen molar-refractivity contribution in [3.63, 3.8) is 0 Å². The predicted molar refractivity (Wildman–Crippen MR) is 402 cm³/mol. The monoisotopic (exact) mass is 1560 g/mol. The van der Waals surface area contributed by atoms with Crippen molar-refractivity contribution in [2.45, 2.75) is 47.3 Å². The van der Waals surface area contributed by atoms with Gasteiger partial charge in [0.25, 0.3) is 0 Å². The third kappa shape index (κ3) is 7.73. The quantitative estimate of drug-likeness (QED) is 0.146. The molecule has 0 heterocycles. The molecule has 26 rings (SSSR count). The first-order chi connectivity index (χ1) is 48.0. The molecule has 12 aliphatic carbocycles. The Balaban J connectivity index is 0.000000112. The van der Waals surface area contributed by atoms with Crippen LogP contribution >= 0.6 is 0 Å². The number of rotatable bonds is 6. The Kier molecular flexibility index (Phi) is 13.6. The van der Waals surface area contributed by atoms with E-state index in [4.69, 9.17) is 0 Å². The summed E-state index contributed by atoms with van der Waals surface area (Å²) in [7, 11) is 0. The zero-order valence-electron chi connectivity index (χ0n) is 54.3. The average molecular weight is 1550 g/mol. The molecule has 0 nitrogen and oxygen atoms in total. The van der Waals surface area contributed by atoms with Gasteiger partial charge in [0, 0.05) is 0 Å². The van der Waals surface area contributed by atoms with Crippen LogP contribution in [0.2, 0.25) is 9.88 Å². The first-order valence-corrected chi connectivity index (χ1v) is 49.0. The Morgan fingerprint density at radius 1 is 0.175 bits per heavy atom. The third-order valence-electron chi connectivity index (χ3n) is 24.2. The van der Waals surface area contributed by atoms with Crippen LogP contribution in [-0.4, -0.2) is 60.7 Å². The van der Waals surface area contributed by atoms with Gasteiger partial charge in [0.1, 0.15) is 0 Å². The summed E-state index contributed by atoms with van der Waals surface area (Å²) in [6.07, 6.45) is 0. The van der Waals surface area contributed by atoms with Gasteiger partial charge in [-0.25, -0.2) is 0 Å². The second-order valence-corrected chi connectivity index (χ2v) is 47.6. The normalized spacial score (nSPS) is 22.7. The number of hydrogen-bond donors (Lipinski definition) is 0. The molecule has 12 aliphatic rings. The van der Waals surface area contributed by atoms with Crippen LogP contribution in [0.3, 0.4) is 0 Å². The Bertz CT molecular complexity index is 4400. The molecule has 0 saturated heterocycles. The summed E-state index contributed by atoms with van der Waals surface area (Å²) in [4.78, 5) is 5.54. The first-order valence-electron chi connectivity index (χ1n) is 34.7. The molecule has 4 radical (unpaired) electrons. The van der Waals surface area contributed by atoms with E-state index < -0.39 is 60.7 Å². The molecule has 3 heteroatoms. The summed E-state index contributed by atoms with van der Waals surface area (Å²) in [6, 6.07) is 135. The van der Waals surface area contributed by atoms with Gasteiger partial charge in [-0.05, 0) is 0 Å². The molecule has 97 heavy (non-hydrogen) atoms. The van der Waals surface area contributed by atoms with Gasteiger partial charge in [0.15, 0.2) is 0 Å². The maximum absolute atomic E-state index is 2.88. The predicted octanol–water partition coefficient (Wildman–Crippen LogP) is 19.1. The molecule has 0 N–H and O–H groups in total. The molecule has 14 aromatic carbocycles. The summed E-state index contributed by atoms with van der Waals surface area (Å²) in [5.41, 5.74) is 37.0. The fraction of sp³-hybridized carbons (Fsp3) is 0.106. The Morgan fingerprint density at radius 2 is 0.299 bits per heavy atom. The van der Waals surface area contributed by atoms with Gasteiger partial charge in [0.05, 0.1) is 0 Å². The fourth-order valence-electron chi connectivity index (χ4n) is 21.0. The molecule has 0 fully saturated rings. The summed E-state index contributed by atoms with van der Waals surface area (Å²) >= 11 is -6.28. The van der Waals surface area contributed by atoms with Gasteiger partial charge >= 0.3 is 600 Å². The fourth-order valence-corrected chi connectivity index (χ4v) is 48.9. The molecule has 0 saturated carbocycles. The van der Waals surface area contributed by atoms with Crippen LogP contribution < -0.4 is 7.16 Å². The van der Waals surface area contributed by atoms with Crippen LogP contribution in [0, 0.1) is 0 Å². The van der Waals surface area contributed by atoms with Crippen LogP contribution in [-0.2, 0) is 13.7 Å². The Morgan fingerprint density at radius 3 is 0.443 bits per heavy atom. The topological polar surface area (TPSA) is 0 Å². The van der Waals surface area contributed by atoms with Gasteiger partial charge in [-0.3, -0.25) is 0 Å². The molecule has 0 aliphatic heterocycles. The van der Waals surface area contributed by atoms with E-state index in [-0.39, 0.29) is 13.7 Å². The molecule has 0 aromatic heterocycles. The van der Waals surface area contributed by atoms with Crippen molar-refractivity contribution in [3.05, 3.63) is 485 Å². The second-order valence-electron chi connectivity index (χ2n) is 27.9. The minimum atomic E-state index is -2.88. The van der Waals surface area contributed by atoms with E-state index in [1.807, 2.05) is 0 Å². The van der Waals surface area contributed by atoms with Crippen LogP contribution in [0.4, 0.5) is 0 Å². The van der Waals surface area contributed by atoms with Crippen molar-refractivity contribution in [2.75, 3.05) is 0 Å². The van der Waals surface area contributed by atoms with Crippen molar-refractivity contribution < 1.29 is 0 Å². The molecule has 0 spiro atoms. The van der Waals surface area contributed by atoms with E-state index in [1.54, 1.807) is 66.8 Å². The Labute approximate surface area is 594 Å². The van der Waals surface area contributed by atoms with Crippen molar-refractivity contribution >= 4 is 67.8 Å². The van der Waals surface area contributed by atoms with Crippen LogP contribution in [0.1, 0.15) is 157 Å². The van der Waals surface area contributed by atoms with Gasteiger partial charge in [-0.15, -0.1) is 0 Å². The summed E-state index contributed by atoms with van der Waals surface area (Å²) in [5.74, 6) is 1.22. The zero-order valence-corrected chi connectivity index (χ0v) is 62.9. The number of benzene rings is 14. The molecular formula is C94H68Sn3. The molecule has 0 unspecified atom stereocenters. The van der Waals surface area contributed by atoms with E-state index in [1.165, 1.54) is 73.9 Å². The van der Waals surface area contributed by atoms with Gasteiger partial charge in [0.2, 0.25) is 0 Å². The van der Waals surface area contributed by atoms with E-state index in [0.717, 1.165) is 0 Å². The van der Waals surface area contributed by atoms with E-state index in [2.05, 4.69) is 362 Å². The maximum atomic E-state index is 2.77. The Hall–Kier alpha value is -8.52. The van der Waals surface area contributed by atoms with E-state index in [0.29, 0.717) is 23.7 Å². The summed E-state index contributed by atoms with van der Waals surface area (Å²) in [5, 5.41) is 0. The first kappa shape index (κ1) is 58.6. The van der Waals surface area contributed by atoms with Crippen LogP contribution in [0.5, 0.6) is 0 Å². The summed E-state index contributed by atoms with van der Waals surface area (Å²) < 4.78 is 2.57. The minimum absolute atomic E-state index is 0.127. The molecule has 456 valence electrons. The SMILES string of the molecule is [CH3][Sn]([C]12c3ccccc3C(c3ccccc31)c1ccccc12)[C]12c3ccccc3C(c3ccccc31)c1ccccc12.[CH3][Sn]([C]12c3ccccc3C(c3ccccc31)c1ccccc12)[C]12c3ccccc3C(c3ccccc31)c1ccccc12.c1cc[c]([Sn][c]2ccccc2)cc1. The molecule has 0 amide bonds. The van der Waals surface area contributed by atoms with Crippen molar-refractivity contribution in [1.82, 2.24) is 0 Å². The van der Waals surface area contributed by atoms with Gasteiger partial charge in [-0.2, -0.15) is 0 Å². The van der Waals surface area contributed by atoms with Crippen LogP contribution in [0.25, 0.3) is 0 Å². The van der Waals surface area contributed by atoms with E-state index >= 15 is 0 Å². The molecule has 14 aromatic rings. The van der Waals surface area contributed by atoms with Gasteiger partial charge in [-0.1, -0.05) is 0 Å². The van der Waals surface area contributed by atoms with Crippen LogP contribution in [0.15, 0.2) is 352 Å². The molecule has 8 bridgehead atoms. The molecule has 0 atom stereocenters. The van der Waals surface area contributed by atoms with Gasteiger partial charge < -0.3 is 0 Å². The van der Waals surface area contributed by atoms with Crippen molar-refractivity contribution in [2.24, 2.45) is 0 Å². The zero-order chi connectivity index (χ0) is 64.2. The second kappa shape index (κ2) is 22.5. The summed E-state index contributed by atoms with van der Waals surface area (Å²) in [6.45, 7) is 0. The standard InChI is InChI=1S/4C20H13.2C6H5.2CH3.3Sn/c4*1-2-8-14-13(7-1)19-15-9-3-5-11-17(15)20(14)18-12-6-4-10-16(18)19;2*1-2-4-6-5-3-1;;;;;/h4*1-12,19H;2*1-5H;2*1H3;;;. The molecular weight excluding hydrogens is 1490 g/mol.